The molecule has 0 amide bonds. The lowest BCUT2D eigenvalue weighted by atomic mass is 9.97. The van der Waals surface area contributed by atoms with Crippen LogP contribution in [0.15, 0.2) is 6.20 Å². The minimum atomic E-state index is -1.07. The Labute approximate surface area is 182 Å². The first-order valence-corrected chi connectivity index (χ1v) is 10.1. The van der Waals surface area contributed by atoms with E-state index in [4.69, 9.17) is 10.2 Å². The molecule has 0 aliphatic heterocycles. The van der Waals surface area contributed by atoms with Crippen molar-refractivity contribution in [2.45, 2.75) is 50.7 Å². The summed E-state index contributed by atoms with van der Waals surface area (Å²) >= 11 is 4.23. The van der Waals surface area contributed by atoms with Crippen LogP contribution in [0.25, 0.3) is 0 Å². The summed E-state index contributed by atoms with van der Waals surface area (Å²) in [7, 11) is 0. The van der Waals surface area contributed by atoms with Crippen LogP contribution in [0.3, 0.4) is 0 Å². The minimum absolute atomic E-state index is 0.110. The normalized spacial score (nSPS) is 10.9. The Bertz CT molecular complexity index is 992. The molecule has 0 aliphatic carbocycles. The molecule has 0 aromatic carbocycles. The molecule has 31 heavy (non-hydrogen) atoms. The van der Waals surface area contributed by atoms with Crippen LogP contribution in [-0.4, -0.2) is 54.3 Å². The van der Waals surface area contributed by atoms with Gasteiger partial charge in [0.15, 0.2) is 0 Å². The lowest BCUT2D eigenvalue weighted by Crippen LogP contribution is -2.08. The number of rotatable bonds is 13. The fraction of sp³-hybridized carbons (Fsp3) is 0.400. The molecule has 2 aromatic heterocycles. The topological polar surface area (TPSA) is 181 Å². The van der Waals surface area contributed by atoms with E-state index in [9.17, 15) is 29.4 Å². The zero-order valence-electron chi connectivity index (χ0n) is 16.6. The minimum Gasteiger partial charge on any atom is -0.481 e. The number of carboxylic acids is 4. The number of carboxylic acid groups (broad SMARTS) is 4. The molecular formula is C20H24N2O8S. The Kier molecular flexibility index (Phi) is 8.31. The number of aromatic amines is 2. The van der Waals surface area contributed by atoms with E-state index >= 15 is 0 Å². The van der Waals surface area contributed by atoms with E-state index in [2.05, 4.69) is 22.6 Å². The Hall–Kier alpha value is -3.21. The van der Waals surface area contributed by atoms with Crippen LogP contribution in [-0.2, 0) is 57.0 Å². The van der Waals surface area contributed by atoms with Crippen molar-refractivity contribution in [3.8, 4) is 0 Å². The number of H-pyrrole nitrogens is 2. The van der Waals surface area contributed by atoms with E-state index in [1.165, 1.54) is 0 Å². The first-order valence-electron chi connectivity index (χ1n) is 9.49. The number of thiol groups is 1. The van der Waals surface area contributed by atoms with E-state index < -0.39 is 23.9 Å². The van der Waals surface area contributed by atoms with Crippen LogP contribution < -0.4 is 0 Å². The average molecular weight is 452 g/mol. The molecule has 0 saturated carbocycles. The van der Waals surface area contributed by atoms with Crippen molar-refractivity contribution in [2.24, 2.45) is 0 Å². The number of carbonyl (C=O) groups is 4. The smallest absolute Gasteiger partial charge is 0.307 e. The van der Waals surface area contributed by atoms with Crippen molar-refractivity contribution in [1.82, 2.24) is 9.97 Å². The molecule has 0 bridgehead atoms. The SMILES string of the molecule is O=C(O)CCc1c[nH]c(Cc2[nH]c(CS)c(CC(=O)O)c2CCC(=O)O)c1CC(=O)O. The molecule has 168 valence electrons. The summed E-state index contributed by atoms with van der Waals surface area (Å²) in [5.41, 5.74) is 3.80. The number of aryl methyl sites for hydroxylation is 1. The molecule has 0 saturated heterocycles. The maximum Gasteiger partial charge on any atom is 0.307 e. The summed E-state index contributed by atoms with van der Waals surface area (Å²) < 4.78 is 0. The lowest BCUT2D eigenvalue weighted by molar-refractivity contribution is -0.138. The number of hydrogen-bond acceptors (Lipinski definition) is 5. The molecule has 10 nitrogen and oxygen atoms in total. The second-order valence-electron chi connectivity index (χ2n) is 7.07. The van der Waals surface area contributed by atoms with Gasteiger partial charge in [0.25, 0.3) is 0 Å². The van der Waals surface area contributed by atoms with Crippen molar-refractivity contribution >= 4 is 36.5 Å². The molecule has 2 heterocycles. The van der Waals surface area contributed by atoms with Crippen LogP contribution in [0.4, 0.5) is 0 Å². The molecule has 0 radical (unpaired) electrons. The maximum absolute atomic E-state index is 11.4. The molecule has 6 N–H and O–H groups in total. The predicted molar refractivity (Wildman–Crippen MR) is 112 cm³/mol. The molecule has 0 unspecified atom stereocenters. The van der Waals surface area contributed by atoms with Crippen molar-refractivity contribution < 1.29 is 39.6 Å². The lowest BCUT2D eigenvalue weighted by Gasteiger charge is -2.08. The van der Waals surface area contributed by atoms with E-state index in [1.54, 1.807) is 6.20 Å². The highest BCUT2D eigenvalue weighted by molar-refractivity contribution is 7.79. The summed E-state index contributed by atoms with van der Waals surface area (Å²) in [5.74, 6) is -3.94. The molecule has 0 aliphatic rings. The summed E-state index contributed by atoms with van der Waals surface area (Å²) in [6, 6.07) is 0. The molecule has 0 spiro atoms. The summed E-state index contributed by atoms with van der Waals surface area (Å²) in [5, 5.41) is 36.6. The van der Waals surface area contributed by atoms with Gasteiger partial charge in [0.05, 0.1) is 12.8 Å². The number of aliphatic carboxylic acids is 4. The molecule has 11 heteroatoms. The molecule has 2 rings (SSSR count). The van der Waals surface area contributed by atoms with Gasteiger partial charge in [-0.1, -0.05) is 0 Å². The highest BCUT2D eigenvalue weighted by Gasteiger charge is 2.22. The Balaban J connectivity index is 2.47. The predicted octanol–water partition coefficient (Wildman–Crippen LogP) is 1.65. The fourth-order valence-electron chi connectivity index (χ4n) is 3.59. The summed E-state index contributed by atoms with van der Waals surface area (Å²) in [4.78, 5) is 50.8. The van der Waals surface area contributed by atoms with E-state index in [0.29, 0.717) is 39.3 Å². The van der Waals surface area contributed by atoms with Crippen molar-refractivity contribution in [3.63, 3.8) is 0 Å². The molecule has 0 fully saturated rings. The zero-order chi connectivity index (χ0) is 23.1. The van der Waals surface area contributed by atoms with Gasteiger partial charge in [-0.05, 0) is 35.1 Å². The summed E-state index contributed by atoms with van der Waals surface area (Å²) in [6.07, 6.45) is 1.09. The van der Waals surface area contributed by atoms with Gasteiger partial charge in [-0.3, -0.25) is 19.2 Å². The zero-order valence-corrected chi connectivity index (χ0v) is 17.5. The van der Waals surface area contributed by atoms with Gasteiger partial charge in [-0.15, -0.1) is 0 Å². The van der Waals surface area contributed by atoms with Gasteiger partial charge in [0, 0.05) is 48.3 Å². The molecular weight excluding hydrogens is 428 g/mol. The van der Waals surface area contributed by atoms with Crippen LogP contribution in [0.2, 0.25) is 0 Å². The van der Waals surface area contributed by atoms with Gasteiger partial charge < -0.3 is 30.4 Å². The van der Waals surface area contributed by atoms with Crippen LogP contribution in [0.5, 0.6) is 0 Å². The van der Waals surface area contributed by atoms with Gasteiger partial charge in [-0.25, -0.2) is 0 Å². The molecule has 2 aromatic rings. The quantitative estimate of drug-likeness (QED) is 0.224. The Morgan fingerprint density at radius 3 is 1.87 bits per heavy atom. The van der Waals surface area contributed by atoms with Crippen LogP contribution >= 0.6 is 12.6 Å². The van der Waals surface area contributed by atoms with Crippen molar-refractivity contribution in [3.05, 3.63) is 45.5 Å². The second kappa shape index (κ2) is 10.7. The Morgan fingerprint density at radius 2 is 1.32 bits per heavy atom. The first-order chi connectivity index (χ1) is 14.6. The third-order valence-corrected chi connectivity index (χ3v) is 5.25. The Morgan fingerprint density at radius 1 is 0.742 bits per heavy atom. The third kappa shape index (κ3) is 6.64. The van der Waals surface area contributed by atoms with Crippen LogP contribution in [0, 0.1) is 0 Å². The second-order valence-corrected chi connectivity index (χ2v) is 7.39. The maximum atomic E-state index is 11.4. The fourth-order valence-corrected chi connectivity index (χ4v) is 3.86. The highest BCUT2D eigenvalue weighted by Crippen LogP contribution is 2.27. The van der Waals surface area contributed by atoms with Crippen molar-refractivity contribution in [2.75, 3.05) is 0 Å². The standard InChI is InChI=1S/C20H24N2O8S/c23-17(24)3-1-10-8-21-14(12(10)5-19(27)28)7-15-11(2-4-18(25)26)13(6-20(29)30)16(9-31)22-15/h8,21-22,31H,1-7,9H2,(H,23,24)(H,25,26)(H,27,28)(H,29,30). The summed E-state index contributed by atoms with van der Waals surface area (Å²) in [6.45, 7) is 0. The largest absolute Gasteiger partial charge is 0.481 e. The highest BCUT2D eigenvalue weighted by atomic mass is 32.1. The van der Waals surface area contributed by atoms with Crippen LogP contribution in [0.1, 0.15) is 52.2 Å². The van der Waals surface area contributed by atoms with Gasteiger partial charge >= 0.3 is 23.9 Å². The van der Waals surface area contributed by atoms with Gasteiger partial charge in [0.1, 0.15) is 0 Å². The van der Waals surface area contributed by atoms with E-state index in [1.807, 2.05) is 0 Å². The average Bonchev–Trinajstić information content (AvgIpc) is 3.18. The number of aromatic nitrogens is 2. The van der Waals surface area contributed by atoms with Gasteiger partial charge in [-0.2, -0.15) is 12.6 Å². The first kappa shape index (κ1) is 24.1. The van der Waals surface area contributed by atoms with E-state index in [0.717, 1.165) is 0 Å². The monoisotopic (exact) mass is 452 g/mol. The molecule has 0 atom stereocenters. The number of hydrogen-bond donors (Lipinski definition) is 7. The van der Waals surface area contributed by atoms with E-state index in [-0.39, 0.29) is 50.7 Å². The van der Waals surface area contributed by atoms with Crippen molar-refractivity contribution in [1.29, 1.82) is 0 Å². The van der Waals surface area contributed by atoms with Gasteiger partial charge in [0.2, 0.25) is 0 Å². The third-order valence-electron chi connectivity index (χ3n) is 4.93. The number of nitrogens with one attached hydrogen (secondary N) is 2.